The lowest BCUT2D eigenvalue weighted by molar-refractivity contribution is -0.118. The van der Waals surface area contributed by atoms with Crippen molar-refractivity contribution in [1.82, 2.24) is 25.0 Å². The zero-order valence-electron chi connectivity index (χ0n) is 26.1. The number of nitrogens with zero attached hydrogens (tertiary/aromatic N) is 3. The highest BCUT2D eigenvalue weighted by atomic mass is 35.5. The van der Waals surface area contributed by atoms with E-state index < -0.39 is 35.5 Å². The minimum absolute atomic E-state index is 0.0266. The summed E-state index contributed by atoms with van der Waals surface area (Å²) in [5.41, 5.74) is 1.72. The van der Waals surface area contributed by atoms with Crippen molar-refractivity contribution in [3.8, 4) is 11.4 Å². The molecule has 252 valence electrons. The highest BCUT2D eigenvalue weighted by Gasteiger charge is 2.28. The number of carboxylic acid groups (broad SMARTS) is 1. The molecule has 3 aromatic heterocycles. The molecule has 0 bridgehead atoms. The molecule has 0 aliphatic rings. The molecule has 0 unspecified atom stereocenters. The van der Waals surface area contributed by atoms with Crippen LogP contribution in [0, 0.1) is 12.7 Å². The van der Waals surface area contributed by atoms with Crippen molar-refractivity contribution in [2.75, 3.05) is 10.6 Å². The number of carboxylic acids is 1. The Hall–Kier alpha value is -6.54. The normalized spacial score (nSPS) is 11.6. The Labute approximate surface area is 287 Å². The quantitative estimate of drug-likeness (QED) is 0.0984. The first-order valence-electron chi connectivity index (χ1n) is 15.0. The fourth-order valence-electron chi connectivity index (χ4n) is 5.27. The van der Waals surface area contributed by atoms with Crippen molar-refractivity contribution >= 4 is 57.6 Å². The number of amides is 3. The van der Waals surface area contributed by atoms with E-state index in [4.69, 9.17) is 11.6 Å². The van der Waals surface area contributed by atoms with Crippen LogP contribution in [0.4, 0.5) is 15.8 Å². The number of carbonyl (C=O) groups excluding carboxylic acids is 3. The van der Waals surface area contributed by atoms with E-state index in [1.54, 1.807) is 60.7 Å². The van der Waals surface area contributed by atoms with Gasteiger partial charge in [-0.3, -0.25) is 19.4 Å². The van der Waals surface area contributed by atoms with Crippen molar-refractivity contribution in [3.63, 3.8) is 0 Å². The Morgan fingerprint density at radius 1 is 0.940 bits per heavy atom. The number of aromatic amines is 1. The number of aromatic carboxylic acids is 1. The smallest absolute Gasteiger partial charge is 0.352 e. The molecule has 6 N–H and O–H groups in total. The summed E-state index contributed by atoms with van der Waals surface area (Å²) in [4.78, 5) is 62.3. The van der Waals surface area contributed by atoms with Gasteiger partial charge in [0.15, 0.2) is 17.3 Å². The highest BCUT2D eigenvalue weighted by Crippen LogP contribution is 2.28. The van der Waals surface area contributed by atoms with Crippen LogP contribution in [0.2, 0.25) is 5.02 Å². The molecule has 3 aromatic carbocycles. The summed E-state index contributed by atoms with van der Waals surface area (Å²) in [6.07, 6.45) is 1.47. The molecule has 1 atom stereocenters. The first kappa shape index (κ1) is 33.4. The molecular weight excluding hydrogens is 669 g/mol. The second-order valence-electron chi connectivity index (χ2n) is 11.2. The van der Waals surface area contributed by atoms with E-state index in [-0.39, 0.29) is 45.6 Å². The Morgan fingerprint density at radius 3 is 2.42 bits per heavy atom. The summed E-state index contributed by atoms with van der Waals surface area (Å²) >= 11 is 5.91. The Kier molecular flexibility index (Phi) is 9.28. The number of aromatic nitrogens is 4. The van der Waals surface area contributed by atoms with Crippen LogP contribution in [-0.4, -0.2) is 59.7 Å². The van der Waals surface area contributed by atoms with E-state index in [2.05, 4.69) is 30.9 Å². The van der Waals surface area contributed by atoms with Gasteiger partial charge >= 0.3 is 5.97 Å². The molecule has 0 fully saturated rings. The number of imidazole rings is 1. The van der Waals surface area contributed by atoms with Gasteiger partial charge in [-0.1, -0.05) is 35.9 Å². The van der Waals surface area contributed by atoms with E-state index in [1.807, 2.05) is 0 Å². The number of rotatable bonds is 10. The number of nitrogens with one attached hydrogen (secondary N) is 4. The molecule has 50 heavy (non-hydrogen) atoms. The number of fused-ring (bicyclic) bond motifs is 1. The van der Waals surface area contributed by atoms with E-state index in [0.29, 0.717) is 32.6 Å². The van der Waals surface area contributed by atoms with Crippen LogP contribution in [0.5, 0.6) is 0 Å². The van der Waals surface area contributed by atoms with Crippen molar-refractivity contribution in [3.05, 3.63) is 130 Å². The highest BCUT2D eigenvalue weighted by molar-refractivity contribution is 6.31. The fraction of sp³-hybridized carbons (Fsp3) is 0.0857. The van der Waals surface area contributed by atoms with Crippen molar-refractivity contribution in [2.45, 2.75) is 19.4 Å². The second kappa shape index (κ2) is 13.9. The zero-order chi connectivity index (χ0) is 35.5. The molecule has 0 aliphatic heterocycles. The van der Waals surface area contributed by atoms with Crippen LogP contribution >= 0.6 is 11.6 Å². The van der Waals surface area contributed by atoms with Crippen LogP contribution < -0.4 is 16.0 Å². The standard InChI is InChI=1S/C35H27ClFN7O6/c1-18-30(44(50)31(39-18)23-5-4-6-24(36)29(23)37)34(47)43-27(33(46)41-22-12-13-25-20(16-22)17-28(42-25)35(48)49)15-19-8-10-21(11-9-19)40-32(45)26-7-2-3-14-38-26/h2-14,16-17,27,42,50H,15H2,1H3,(H,40,45)(H,41,46)(H,43,47)(H,48,49)/t27-/m0/s1. The van der Waals surface area contributed by atoms with Crippen LogP contribution in [0.15, 0.2) is 91.1 Å². The number of pyridine rings is 1. The van der Waals surface area contributed by atoms with Crippen molar-refractivity contribution in [1.29, 1.82) is 0 Å². The minimum Gasteiger partial charge on any atom is -0.477 e. The Bertz CT molecular complexity index is 2270. The molecule has 3 amide bonds. The van der Waals surface area contributed by atoms with Gasteiger partial charge in [-0.15, -0.1) is 0 Å². The molecule has 0 radical (unpaired) electrons. The summed E-state index contributed by atoms with van der Waals surface area (Å²) in [5.74, 6) is -4.17. The summed E-state index contributed by atoms with van der Waals surface area (Å²) in [6.45, 7) is 1.44. The van der Waals surface area contributed by atoms with Gasteiger partial charge in [-0.25, -0.2) is 14.2 Å². The summed E-state index contributed by atoms with van der Waals surface area (Å²) in [5, 5.41) is 28.7. The Morgan fingerprint density at radius 2 is 1.70 bits per heavy atom. The maximum absolute atomic E-state index is 14.8. The van der Waals surface area contributed by atoms with Gasteiger partial charge in [0.1, 0.15) is 17.4 Å². The predicted molar refractivity (Wildman–Crippen MR) is 182 cm³/mol. The van der Waals surface area contributed by atoms with Crippen LogP contribution in [0.1, 0.15) is 42.7 Å². The first-order valence-corrected chi connectivity index (χ1v) is 15.4. The third kappa shape index (κ3) is 7.00. The number of hydrogen-bond donors (Lipinski definition) is 6. The van der Waals surface area contributed by atoms with Gasteiger partial charge < -0.3 is 31.2 Å². The van der Waals surface area contributed by atoms with Gasteiger partial charge in [0.25, 0.3) is 11.8 Å². The number of aryl methyl sites for hydroxylation is 1. The lowest BCUT2D eigenvalue weighted by Crippen LogP contribution is -2.46. The van der Waals surface area contributed by atoms with Crippen LogP contribution in [0.25, 0.3) is 22.3 Å². The topological polar surface area (TPSA) is 191 Å². The maximum atomic E-state index is 14.8. The molecule has 0 aliphatic carbocycles. The number of benzene rings is 3. The summed E-state index contributed by atoms with van der Waals surface area (Å²) < 4.78 is 15.2. The second-order valence-corrected chi connectivity index (χ2v) is 11.6. The minimum atomic E-state index is -1.23. The van der Waals surface area contributed by atoms with Crippen LogP contribution in [-0.2, 0) is 11.2 Å². The number of H-pyrrole nitrogens is 1. The third-order valence-corrected chi connectivity index (χ3v) is 8.02. The van der Waals surface area contributed by atoms with E-state index in [9.17, 15) is 33.9 Å². The average Bonchev–Trinajstić information content (AvgIpc) is 3.66. The fourth-order valence-corrected chi connectivity index (χ4v) is 5.45. The van der Waals surface area contributed by atoms with Crippen LogP contribution in [0.3, 0.4) is 0 Å². The number of hydrogen-bond acceptors (Lipinski definition) is 7. The van der Waals surface area contributed by atoms with Gasteiger partial charge in [-0.05, 0) is 73.2 Å². The SMILES string of the molecule is Cc1nc(-c2cccc(Cl)c2F)n(O)c1C(=O)N[C@@H](Cc1ccc(NC(=O)c2ccccn2)cc1)C(=O)Nc1ccc2[nH]c(C(=O)O)cc2c1. The van der Waals surface area contributed by atoms with E-state index in [0.717, 1.165) is 0 Å². The molecular formula is C35H27ClFN7O6. The zero-order valence-corrected chi connectivity index (χ0v) is 26.8. The lowest BCUT2D eigenvalue weighted by atomic mass is 10.0. The molecule has 3 heterocycles. The van der Waals surface area contributed by atoms with E-state index in [1.165, 1.54) is 37.4 Å². The van der Waals surface area contributed by atoms with Gasteiger partial charge in [0.05, 0.1) is 16.3 Å². The summed E-state index contributed by atoms with van der Waals surface area (Å²) in [7, 11) is 0. The number of anilines is 2. The average molecular weight is 696 g/mol. The summed E-state index contributed by atoms with van der Waals surface area (Å²) in [6, 6.07) is 20.6. The molecule has 0 saturated carbocycles. The molecule has 6 rings (SSSR count). The molecule has 6 aromatic rings. The predicted octanol–water partition coefficient (Wildman–Crippen LogP) is 5.69. The van der Waals surface area contributed by atoms with Crippen molar-refractivity contribution < 1.29 is 33.9 Å². The van der Waals surface area contributed by atoms with Crippen molar-refractivity contribution in [2.24, 2.45) is 0 Å². The number of halogens is 2. The lowest BCUT2D eigenvalue weighted by Gasteiger charge is -2.19. The monoisotopic (exact) mass is 695 g/mol. The molecule has 15 heteroatoms. The van der Waals surface area contributed by atoms with E-state index >= 15 is 0 Å². The van der Waals surface area contributed by atoms with Gasteiger partial charge in [0.2, 0.25) is 5.91 Å². The van der Waals surface area contributed by atoms with Gasteiger partial charge in [-0.2, -0.15) is 4.73 Å². The molecule has 0 saturated heterocycles. The largest absolute Gasteiger partial charge is 0.477 e. The number of carbonyl (C=O) groups is 4. The first-order chi connectivity index (χ1) is 24.0. The molecule has 13 nitrogen and oxygen atoms in total. The molecule has 0 spiro atoms. The third-order valence-electron chi connectivity index (χ3n) is 7.73. The maximum Gasteiger partial charge on any atom is 0.352 e. The van der Waals surface area contributed by atoms with Gasteiger partial charge in [0, 0.05) is 34.9 Å². The Balaban J connectivity index is 1.26.